The second-order valence-electron chi connectivity index (χ2n) is 7.71. The van der Waals surface area contributed by atoms with Gasteiger partial charge < -0.3 is 23.9 Å². The molecule has 0 atom stereocenters. The first-order valence-electron chi connectivity index (χ1n) is 10.7. The number of carbonyl (C=O) groups excluding carboxylic acids is 1. The first-order valence-corrected chi connectivity index (χ1v) is 10.7. The van der Waals surface area contributed by atoms with Gasteiger partial charge in [-0.15, -0.1) is 0 Å². The molecule has 0 aliphatic heterocycles. The lowest BCUT2D eigenvalue weighted by molar-refractivity contribution is -0.123. The Morgan fingerprint density at radius 3 is 2.44 bits per heavy atom. The van der Waals surface area contributed by atoms with Crippen LogP contribution < -0.4 is 25.0 Å². The van der Waals surface area contributed by atoms with Crippen LogP contribution >= 0.6 is 0 Å². The molecule has 1 heterocycles. The van der Waals surface area contributed by atoms with E-state index in [-0.39, 0.29) is 29.5 Å². The summed E-state index contributed by atoms with van der Waals surface area (Å²) in [4.78, 5) is 25.8. The van der Waals surface area contributed by atoms with Crippen LogP contribution in [0.15, 0.2) is 75.9 Å². The molecule has 0 unspecified atom stereocenters. The molecule has 4 rings (SSSR count). The van der Waals surface area contributed by atoms with E-state index in [0.717, 1.165) is 11.1 Å². The molecule has 4 aromatic rings. The Morgan fingerprint density at radius 2 is 1.71 bits per heavy atom. The molecule has 0 saturated carbocycles. The van der Waals surface area contributed by atoms with Gasteiger partial charge in [-0.2, -0.15) is 0 Å². The lowest BCUT2D eigenvalue weighted by Crippen LogP contribution is -2.29. The quantitative estimate of drug-likeness (QED) is 0.418. The summed E-state index contributed by atoms with van der Waals surface area (Å²) in [6.45, 7) is 1.93. The number of carbonyl (C=O) groups is 1. The van der Waals surface area contributed by atoms with Gasteiger partial charge in [0.1, 0.15) is 5.58 Å². The van der Waals surface area contributed by atoms with E-state index >= 15 is 0 Å². The van der Waals surface area contributed by atoms with Gasteiger partial charge in [0.2, 0.25) is 11.2 Å². The zero-order chi connectivity index (χ0) is 24.1. The number of fused-ring (bicyclic) bond motifs is 1. The second kappa shape index (κ2) is 10.1. The van der Waals surface area contributed by atoms with Crippen molar-refractivity contribution in [3.05, 3.63) is 88.1 Å². The zero-order valence-electron chi connectivity index (χ0n) is 19.2. The maximum atomic E-state index is 13.3. The minimum absolute atomic E-state index is 0.0431. The average Bonchev–Trinajstić information content (AvgIpc) is 2.86. The molecule has 0 fully saturated rings. The predicted octanol–water partition coefficient (Wildman–Crippen LogP) is 4.48. The molecule has 1 aromatic heterocycles. The van der Waals surface area contributed by atoms with Crippen LogP contribution in [0, 0.1) is 6.92 Å². The van der Waals surface area contributed by atoms with Gasteiger partial charge in [0.15, 0.2) is 23.9 Å². The van der Waals surface area contributed by atoms with E-state index in [1.165, 1.54) is 7.11 Å². The number of benzene rings is 3. The van der Waals surface area contributed by atoms with Crippen molar-refractivity contribution < 1.29 is 23.4 Å². The lowest BCUT2D eigenvalue weighted by Gasteiger charge is -2.14. The Morgan fingerprint density at radius 1 is 0.941 bits per heavy atom. The third-order valence-electron chi connectivity index (χ3n) is 5.33. The van der Waals surface area contributed by atoms with Gasteiger partial charge >= 0.3 is 0 Å². The fourth-order valence-electron chi connectivity index (χ4n) is 3.57. The van der Waals surface area contributed by atoms with Crippen molar-refractivity contribution in [1.29, 1.82) is 0 Å². The van der Waals surface area contributed by atoms with E-state index in [0.29, 0.717) is 34.6 Å². The van der Waals surface area contributed by atoms with Crippen LogP contribution in [0.25, 0.3) is 22.3 Å². The molecule has 0 spiro atoms. The van der Waals surface area contributed by atoms with Gasteiger partial charge in [-0.1, -0.05) is 36.4 Å². The number of amides is 1. The molecule has 0 bridgehead atoms. The van der Waals surface area contributed by atoms with E-state index in [1.54, 1.807) is 37.4 Å². The molecule has 7 nitrogen and oxygen atoms in total. The standard InChI is InChI=1S/C27H25NO6/c1-17-9-11-20-22(13-17)34-26(19-10-12-21(31-2)23(14-19)32-3)27(25(20)30)33-16-24(29)28-15-18-7-5-4-6-8-18/h4-14H,15-16H2,1-3H3,(H,28,29). The second-order valence-corrected chi connectivity index (χ2v) is 7.71. The summed E-state index contributed by atoms with van der Waals surface area (Å²) in [5.74, 6) is 0.815. The molecular formula is C27H25NO6. The van der Waals surface area contributed by atoms with Gasteiger partial charge in [-0.05, 0) is 48.4 Å². The summed E-state index contributed by atoms with van der Waals surface area (Å²) >= 11 is 0. The number of aryl methyl sites for hydroxylation is 1. The van der Waals surface area contributed by atoms with Crippen LogP contribution in [0.4, 0.5) is 0 Å². The largest absolute Gasteiger partial charge is 0.493 e. The fourth-order valence-corrected chi connectivity index (χ4v) is 3.57. The van der Waals surface area contributed by atoms with E-state index in [1.807, 2.05) is 43.3 Å². The van der Waals surface area contributed by atoms with Crippen molar-refractivity contribution in [1.82, 2.24) is 5.32 Å². The first kappa shape index (κ1) is 22.9. The van der Waals surface area contributed by atoms with Crippen LogP contribution in [-0.4, -0.2) is 26.7 Å². The molecule has 34 heavy (non-hydrogen) atoms. The van der Waals surface area contributed by atoms with Crippen molar-refractivity contribution in [2.45, 2.75) is 13.5 Å². The Bertz CT molecular complexity index is 1380. The van der Waals surface area contributed by atoms with Crippen molar-refractivity contribution in [2.24, 2.45) is 0 Å². The van der Waals surface area contributed by atoms with E-state index in [9.17, 15) is 9.59 Å². The van der Waals surface area contributed by atoms with Crippen LogP contribution in [0.2, 0.25) is 0 Å². The summed E-state index contributed by atoms with van der Waals surface area (Å²) < 4.78 is 22.6. The first-order chi connectivity index (χ1) is 16.5. The highest BCUT2D eigenvalue weighted by Crippen LogP contribution is 2.36. The van der Waals surface area contributed by atoms with E-state index < -0.39 is 0 Å². The maximum Gasteiger partial charge on any atom is 0.258 e. The Labute approximate surface area is 196 Å². The van der Waals surface area contributed by atoms with Crippen molar-refractivity contribution >= 4 is 16.9 Å². The normalized spacial score (nSPS) is 10.7. The number of rotatable bonds is 8. The van der Waals surface area contributed by atoms with Crippen LogP contribution in [0.1, 0.15) is 11.1 Å². The van der Waals surface area contributed by atoms with Crippen molar-refractivity contribution in [2.75, 3.05) is 20.8 Å². The molecule has 174 valence electrons. The monoisotopic (exact) mass is 459 g/mol. The Balaban J connectivity index is 1.68. The SMILES string of the molecule is COc1ccc(-c2oc3cc(C)ccc3c(=O)c2OCC(=O)NCc2ccccc2)cc1OC. The Hall–Kier alpha value is -4.26. The average molecular weight is 459 g/mol. The van der Waals surface area contributed by atoms with E-state index in [2.05, 4.69) is 5.32 Å². The highest BCUT2D eigenvalue weighted by Gasteiger charge is 2.20. The molecule has 0 aliphatic rings. The minimum atomic E-state index is -0.359. The minimum Gasteiger partial charge on any atom is -0.493 e. The number of hydrogen-bond donors (Lipinski definition) is 1. The molecule has 0 aliphatic carbocycles. The van der Waals surface area contributed by atoms with Gasteiger partial charge in [-0.3, -0.25) is 9.59 Å². The highest BCUT2D eigenvalue weighted by molar-refractivity contribution is 5.83. The molecule has 1 amide bonds. The number of nitrogens with one attached hydrogen (secondary N) is 1. The van der Waals surface area contributed by atoms with Crippen LogP contribution in [0.3, 0.4) is 0 Å². The van der Waals surface area contributed by atoms with Gasteiger partial charge in [-0.25, -0.2) is 0 Å². The Kier molecular flexibility index (Phi) is 6.82. The lowest BCUT2D eigenvalue weighted by atomic mass is 10.1. The van der Waals surface area contributed by atoms with E-state index in [4.69, 9.17) is 18.6 Å². The zero-order valence-corrected chi connectivity index (χ0v) is 19.2. The van der Waals surface area contributed by atoms with Gasteiger partial charge in [0.05, 0.1) is 19.6 Å². The fraction of sp³-hybridized carbons (Fsp3) is 0.185. The summed E-state index contributed by atoms with van der Waals surface area (Å²) in [7, 11) is 3.06. The summed E-state index contributed by atoms with van der Waals surface area (Å²) in [5, 5.41) is 3.16. The van der Waals surface area contributed by atoms with Crippen LogP contribution in [0.5, 0.6) is 17.2 Å². The summed E-state index contributed by atoms with van der Waals surface area (Å²) in [6, 6.07) is 20.0. The molecule has 0 radical (unpaired) electrons. The van der Waals surface area contributed by atoms with Crippen molar-refractivity contribution in [3.63, 3.8) is 0 Å². The third-order valence-corrected chi connectivity index (χ3v) is 5.33. The smallest absolute Gasteiger partial charge is 0.258 e. The topological polar surface area (TPSA) is 87.0 Å². The molecular weight excluding hydrogens is 434 g/mol. The van der Waals surface area contributed by atoms with Crippen molar-refractivity contribution in [3.8, 4) is 28.6 Å². The highest BCUT2D eigenvalue weighted by atomic mass is 16.5. The maximum absolute atomic E-state index is 13.3. The molecule has 7 heteroatoms. The summed E-state index contributed by atoms with van der Waals surface area (Å²) in [6.07, 6.45) is 0. The summed E-state index contributed by atoms with van der Waals surface area (Å²) in [5.41, 5.74) is 2.53. The number of hydrogen-bond acceptors (Lipinski definition) is 6. The molecule has 0 saturated heterocycles. The third kappa shape index (κ3) is 4.88. The van der Waals surface area contributed by atoms with Gasteiger partial charge in [0, 0.05) is 12.1 Å². The van der Waals surface area contributed by atoms with Crippen LogP contribution in [-0.2, 0) is 11.3 Å². The number of ether oxygens (including phenoxy) is 3. The number of methoxy groups -OCH3 is 2. The molecule has 3 aromatic carbocycles. The van der Waals surface area contributed by atoms with Gasteiger partial charge in [0.25, 0.3) is 5.91 Å². The molecule has 1 N–H and O–H groups in total. The predicted molar refractivity (Wildman–Crippen MR) is 130 cm³/mol.